The van der Waals surface area contributed by atoms with Gasteiger partial charge in [-0.2, -0.15) is 0 Å². The molecule has 0 aliphatic heterocycles. The fourth-order valence-corrected chi connectivity index (χ4v) is 4.91. The highest BCUT2D eigenvalue weighted by Crippen LogP contribution is 2.27. The first-order valence-corrected chi connectivity index (χ1v) is 14.3. The number of carbonyl (C=O) groups excluding carboxylic acids is 1. The maximum Gasteiger partial charge on any atom is 0.347 e. The van der Waals surface area contributed by atoms with E-state index in [0.717, 1.165) is 11.1 Å². The van der Waals surface area contributed by atoms with Gasteiger partial charge in [-0.1, -0.05) is 106 Å². The molecule has 0 aliphatic rings. The van der Waals surface area contributed by atoms with Crippen LogP contribution in [0.5, 0.6) is 5.75 Å². The molecular weight excluding hydrogens is 464 g/mol. The van der Waals surface area contributed by atoms with E-state index >= 15 is 0 Å². The third kappa shape index (κ3) is 10.1. The monoisotopic (exact) mass is 504 g/mol. The summed E-state index contributed by atoms with van der Waals surface area (Å²) < 4.78 is 11.2. The van der Waals surface area contributed by atoms with Crippen LogP contribution in [0.15, 0.2) is 83.8 Å². The summed E-state index contributed by atoms with van der Waals surface area (Å²) in [5.41, 5.74) is 3.26. The molecule has 4 heteroatoms. The van der Waals surface area contributed by atoms with E-state index in [9.17, 15) is 4.79 Å². The summed E-state index contributed by atoms with van der Waals surface area (Å²) in [7, 11) is 0. The van der Waals surface area contributed by atoms with Crippen LogP contribution < -0.4 is 4.74 Å². The van der Waals surface area contributed by atoms with Gasteiger partial charge in [-0.05, 0) is 60.1 Å². The van der Waals surface area contributed by atoms with Crippen LogP contribution in [0, 0.1) is 0 Å². The Morgan fingerprint density at radius 3 is 1.97 bits per heavy atom. The lowest BCUT2D eigenvalue weighted by Crippen LogP contribution is -2.26. The number of hydrogen-bond donors (Lipinski definition) is 0. The number of unbranched alkanes of at least 4 members (excludes halogenated alkanes) is 7. The Hall–Kier alpha value is -2.72. The van der Waals surface area contributed by atoms with Crippen molar-refractivity contribution in [3.05, 3.63) is 84.4 Å². The highest BCUT2D eigenvalue weighted by Gasteiger charge is 2.16. The maximum atomic E-state index is 12.3. The van der Waals surface area contributed by atoms with Crippen molar-refractivity contribution >= 4 is 17.7 Å². The van der Waals surface area contributed by atoms with E-state index in [2.05, 4.69) is 31.2 Å². The number of esters is 1. The number of benzene rings is 3. The first kappa shape index (κ1) is 27.9. The minimum absolute atomic E-state index is 0.250. The fourth-order valence-electron chi connectivity index (χ4n) is 3.99. The first-order valence-electron chi connectivity index (χ1n) is 13.4. The van der Waals surface area contributed by atoms with Gasteiger partial charge in [-0.25, -0.2) is 4.79 Å². The van der Waals surface area contributed by atoms with Crippen molar-refractivity contribution in [3.63, 3.8) is 0 Å². The minimum Gasteiger partial charge on any atom is -0.479 e. The van der Waals surface area contributed by atoms with E-state index in [0.29, 0.717) is 5.75 Å². The third-order valence-corrected chi connectivity index (χ3v) is 7.28. The van der Waals surface area contributed by atoms with Crippen molar-refractivity contribution in [2.24, 2.45) is 0 Å². The first-order chi connectivity index (χ1) is 17.7. The molecule has 0 aliphatic carbocycles. The average molecular weight is 505 g/mol. The summed E-state index contributed by atoms with van der Waals surface area (Å²) in [5.74, 6) is 1.47. The summed E-state index contributed by atoms with van der Waals surface area (Å²) in [6.45, 7) is 4.23. The van der Waals surface area contributed by atoms with Crippen LogP contribution >= 0.6 is 11.8 Å². The Bertz CT molecular complexity index is 1000. The molecule has 3 aromatic carbocycles. The summed E-state index contributed by atoms with van der Waals surface area (Å²) in [5, 5.41) is 0. The van der Waals surface area contributed by atoms with Crippen LogP contribution in [0.4, 0.5) is 0 Å². The van der Waals surface area contributed by atoms with Crippen molar-refractivity contribution < 1.29 is 14.3 Å². The molecule has 0 saturated carbocycles. The molecule has 0 unspecified atom stereocenters. The third-order valence-electron chi connectivity index (χ3n) is 6.18. The van der Waals surface area contributed by atoms with Crippen molar-refractivity contribution in [1.82, 2.24) is 0 Å². The van der Waals surface area contributed by atoms with E-state index in [4.69, 9.17) is 9.47 Å². The van der Waals surface area contributed by atoms with Gasteiger partial charge < -0.3 is 9.47 Å². The molecule has 1 atom stereocenters. The second kappa shape index (κ2) is 16.1. The lowest BCUT2D eigenvalue weighted by molar-refractivity contribution is -0.152. The molecule has 192 valence electrons. The van der Waals surface area contributed by atoms with Gasteiger partial charge in [0.15, 0.2) is 6.10 Å². The summed E-state index contributed by atoms with van der Waals surface area (Å²) in [4.78, 5) is 13.6. The van der Waals surface area contributed by atoms with Gasteiger partial charge in [0.2, 0.25) is 0 Å². The summed E-state index contributed by atoms with van der Waals surface area (Å²) in [6.07, 6.45) is 10.2. The number of ether oxygens (including phenoxy) is 2. The predicted octanol–water partition coefficient (Wildman–Crippen LogP) is 9.10. The molecule has 3 rings (SSSR count). The zero-order chi connectivity index (χ0) is 25.4. The molecular formula is C32H40O3S. The highest BCUT2D eigenvalue weighted by molar-refractivity contribution is 7.99. The zero-order valence-corrected chi connectivity index (χ0v) is 22.6. The lowest BCUT2D eigenvalue weighted by atomic mass is 10.1. The molecule has 3 aromatic rings. The Kier molecular flexibility index (Phi) is 12.5. The standard InChI is InChI=1S/C32H40O3S/c1-3-4-5-6-7-8-9-13-24-36-31-22-18-29(19-23-31)28-16-20-30(21-17-28)35-26(2)32(33)34-25-27-14-11-10-12-15-27/h10-12,14-23,26H,3-9,13,24-25H2,1-2H3/t26-/m1/s1. The largest absolute Gasteiger partial charge is 0.479 e. The van der Waals surface area contributed by atoms with Crippen LogP contribution in [0.3, 0.4) is 0 Å². The number of hydrogen-bond acceptors (Lipinski definition) is 4. The Labute approximate surface area is 221 Å². The van der Waals surface area contributed by atoms with Crippen molar-refractivity contribution in [2.45, 2.75) is 82.8 Å². The van der Waals surface area contributed by atoms with Crippen LogP contribution in [-0.4, -0.2) is 17.8 Å². The van der Waals surface area contributed by atoms with Crippen LogP contribution in [0.25, 0.3) is 11.1 Å². The summed E-state index contributed by atoms with van der Waals surface area (Å²) >= 11 is 1.95. The average Bonchev–Trinajstić information content (AvgIpc) is 2.92. The summed E-state index contributed by atoms with van der Waals surface area (Å²) in [6, 6.07) is 26.3. The molecule has 0 fully saturated rings. The Balaban J connectivity index is 1.37. The van der Waals surface area contributed by atoms with E-state index < -0.39 is 6.10 Å². The molecule has 0 spiro atoms. The lowest BCUT2D eigenvalue weighted by Gasteiger charge is -2.14. The molecule has 3 nitrogen and oxygen atoms in total. The molecule has 36 heavy (non-hydrogen) atoms. The molecule has 0 bridgehead atoms. The molecule has 0 amide bonds. The predicted molar refractivity (Wildman–Crippen MR) is 152 cm³/mol. The molecule has 0 radical (unpaired) electrons. The van der Waals surface area contributed by atoms with Crippen LogP contribution in [0.2, 0.25) is 0 Å². The second-order valence-electron chi connectivity index (χ2n) is 9.23. The van der Waals surface area contributed by atoms with Gasteiger partial charge in [0.25, 0.3) is 0 Å². The number of rotatable bonds is 16. The highest BCUT2D eigenvalue weighted by atomic mass is 32.2. The van der Waals surface area contributed by atoms with Gasteiger partial charge in [0.1, 0.15) is 12.4 Å². The normalized spacial score (nSPS) is 11.7. The van der Waals surface area contributed by atoms with E-state index in [1.807, 2.05) is 66.4 Å². The smallest absolute Gasteiger partial charge is 0.347 e. The fraction of sp³-hybridized carbons (Fsp3) is 0.406. The zero-order valence-electron chi connectivity index (χ0n) is 21.8. The van der Waals surface area contributed by atoms with Crippen molar-refractivity contribution in [3.8, 4) is 16.9 Å². The van der Waals surface area contributed by atoms with Gasteiger partial charge in [-0.3, -0.25) is 0 Å². The van der Waals surface area contributed by atoms with Gasteiger partial charge in [0, 0.05) is 4.90 Å². The SMILES string of the molecule is CCCCCCCCCCSc1ccc(-c2ccc(O[C@H](C)C(=O)OCc3ccccc3)cc2)cc1. The topological polar surface area (TPSA) is 35.5 Å². The van der Waals surface area contributed by atoms with E-state index in [1.54, 1.807) is 6.92 Å². The van der Waals surface area contributed by atoms with Gasteiger partial charge >= 0.3 is 5.97 Å². The van der Waals surface area contributed by atoms with Crippen molar-refractivity contribution in [2.75, 3.05) is 5.75 Å². The quantitative estimate of drug-likeness (QED) is 0.111. The Morgan fingerprint density at radius 2 is 1.33 bits per heavy atom. The van der Waals surface area contributed by atoms with Crippen LogP contribution in [0.1, 0.15) is 70.8 Å². The molecule has 0 N–H and O–H groups in total. The van der Waals surface area contributed by atoms with E-state index in [1.165, 1.54) is 67.6 Å². The molecule has 0 aromatic heterocycles. The van der Waals surface area contributed by atoms with Gasteiger partial charge in [-0.15, -0.1) is 11.8 Å². The van der Waals surface area contributed by atoms with E-state index in [-0.39, 0.29) is 12.6 Å². The molecule has 0 heterocycles. The van der Waals surface area contributed by atoms with Crippen molar-refractivity contribution in [1.29, 1.82) is 0 Å². The molecule has 0 saturated heterocycles. The minimum atomic E-state index is -0.670. The maximum absolute atomic E-state index is 12.3. The van der Waals surface area contributed by atoms with Crippen LogP contribution in [-0.2, 0) is 16.1 Å². The second-order valence-corrected chi connectivity index (χ2v) is 10.4. The van der Waals surface area contributed by atoms with Gasteiger partial charge in [0.05, 0.1) is 0 Å². The number of thioether (sulfide) groups is 1. The number of carbonyl (C=O) groups is 1. The Morgan fingerprint density at radius 1 is 0.750 bits per heavy atom.